The van der Waals surface area contributed by atoms with Crippen molar-refractivity contribution in [3.8, 4) is 5.75 Å². The Bertz CT molecular complexity index is 895. The highest BCUT2D eigenvalue weighted by Gasteiger charge is 2.14. The summed E-state index contributed by atoms with van der Waals surface area (Å²) in [6.07, 6.45) is 0.285. The van der Waals surface area contributed by atoms with Crippen molar-refractivity contribution < 1.29 is 14.1 Å². The Kier molecular flexibility index (Phi) is 4.74. The van der Waals surface area contributed by atoms with Crippen LogP contribution in [-0.4, -0.2) is 17.2 Å². The van der Waals surface area contributed by atoms with Gasteiger partial charge >= 0.3 is 0 Å². The molecule has 0 spiro atoms. The van der Waals surface area contributed by atoms with E-state index in [1.54, 1.807) is 0 Å². The molecule has 0 aliphatic carbocycles. The average molecular weight is 338 g/mol. The molecule has 1 aromatic heterocycles. The van der Waals surface area contributed by atoms with Crippen LogP contribution in [0.3, 0.4) is 0 Å². The van der Waals surface area contributed by atoms with Gasteiger partial charge in [0.2, 0.25) is 5.91 Å². The molecule has 0 aliphatic heterocycles. The number of anilines is 1. The van der Waals surface area contributed by atoms with Gasteiger partial charge < -0.3 is 14.6 Å². The predicted octanol–water partition coefficient (Wildman–Crippen LogP) is 4.41. The summed E-state index contributed by atoms with van der Waals surface area (Å²) in [5, 5.41) is 7.84. The van der Waals surface area contributed by atoms with Crippen molar-refractivity contribution in [3.63, 3.8) is 0 Å². The Labute approximate surface area is 147 Å². The van der Waals surface area contributed by atoms with E-state index in [0.29, 0.717) is 5.69 Å². The van der Waals surface area contributed by atoms with E-state index in [4.69, 9.17) is 9.26 Å². The molecular formula is C20H22N2O3. The highest BCUT2D eigenvalue weighted by atomic mass is 16.5. The minimum absolute atomic E-state index is 0.118. The fraction of sp³-hybridized carbons (Fsp3) is 0.300. The molecule has 2 aromatic carbocycles. The number of aromatic nitrogens is 1. The Hall–Kier alpha value is -2.82. The van der Waals surface area contributed by atoms with E-state index >= 15 is 0 Å². The maximum absolute atomic E-state index is 12.3. The number of benzene rings is 2. The Balaban J connectivity index is 1.71. The van der Waals surface area contributed by atoms with E-state index in [0.717, 1.165) is 33.5 Å². The van der Waals surface area contributed by atoms with E-state index in [2.05, 4.69) is 10.5 Å². The number of aryl methyl sites for hydroxylation is 2. The van der Waals surface area contributed by atoms with Gasteiger partial charge in [0.15, 0.2) is 5.58 Å². The van der Waals surface area contributed by atoms with Crippen LogP contribution < -0.4 is 10.1 Å². The second-order valence-corrected chi connectivity index (χ2v) is 6.50. The molecule has 1 heterocycles. The Morgan fingerprint density at radius 3 is 2.60 bits per heavy atom. The first-order chi connectivity index (χ1) is 11.9. The van der Waals surface area contributed by atoms with Crippen molar-refractivity contribution in [1.82, 2.24) is 5.16 Å². The number of hydrogen-bond donors (Lipinski definition) is 1. The summed E-state index contributed by atoms with van der Waals surface area (Å²) in [5.74, 6) is 0.647. The lowest BCUT2D eigenvalue weighted by atomic mass is 10.1. The molecule has 25 heavy (non-hydrogen) atoms. The molecule has 3 aromatic rings. The Morgan fingerprint density at radius 2 is 1.92 bits per heavy atom. The van der Waals surface area contributed by atoms with Crippen LogP contribution in [0, 0.1) is 13.8 Å². The van der Waals surface area contributed by atoms with Gasteiger partial charge in [0.25, 0.3) is 0 Å². The number of carbonyl (C=O) groups is 1. The third kappa shape index (κ3) is 3.99. The standard InChI is InChI=1S/C20H22N2O3/c1-12(2)24-16-7-5-15(6-8-16)21-19(23)11-18-17-10-13(3)9-14(4)20(17)25-22-18/h5-10,12H,11H2,1-4H3,(H,21,23). The minimum Gasteiger partial charge on any atom is -0.491 e. The molecule has 1 N–H and O–H groups in total. The van der Waals surface area contributed by atoms with Crippen LogP contribution in [0.2, 0.25) is 0 Å². The summed E-state index contributed by atoms with van der Waals surface area (Å²) in [7, 11) is 0. The van der Waals surface area contributed by atoms with Crippen LogP contribution in [0.15, 0.2) is 40.9 Å². The van der Waals surface area contributed by atoms with Crippen molar-refractivity contribution >= 4 is 22.6 Å². The molecule has 5 heteroatoms. The topological polar surface area (TPSA) is 64.4 Å². The largest absolute Gasteiger partial charge is 0.491 e. The quantitative estimate of drug-likeness (QED) is 0.748. The zero-order valence-electron chi connectivity index (χ0n) is 14.9. The number of carbonyl (C=O) groups excluding carboxylic acids is 1. The summed E-state index contributed by atoms with van der Waals surface area (Å²) in [5.41, 5.74) is 4.26. The van der Waals surface area contributed by atoms with Crippen molar-refractivity contribution in [2.24, 2.45) is 0 Å². The summed E-state index contributed by atoms with van der Waals surface area (Å²) in [4.78, 5) is 12.3. The lowest BCUT2D eigenvalue weighted by Crippen LogP contribution is -2.14. The average Bonchev–Trinajstić information content (AvgIpc) is 2.92. The van der Waals surface area contributed by atoms with Crippen molar-refractivity contribution in [3.05, 3.63) is 53.2 Å². The summed E-state index contributed by atoms with van der Waals surface area (Å²) in [6, 6.07) is 11.4. The fourth-order valence-corrected chi connectivity index (χ4v) is 2.81. The van der Waals surface area contributed by atoms with Gasteiger partial charge in [0.05, 0.1) is 12.5 Å². The molecule has 0 aliphatic rings. The highest BCUT2D eigenvalue weighted by molar-refractivity contribution is 5.95. The summed E-state index contributed by atoms with van der Waals surface area (Å²) in [6.45, 7) is 7.94. The van der Waals surface area contributed by atoms with Gasteiger partial charge in [-0.15, -0.1) is 0 Å². The van der Waals surface area contributed by atoms with Crippen LogP contribution in [-0.2, 0) is 11.2 Å². The second-order valence-electron chi connectivity index (χ2n) is 6.50. The lowest BCUT2D eigenvalue weighted by Gasteiger charge is -2.10. The fourth-order valence-electron chi connectivity index (χ4n) is 2.81. The smallest absolute Gasteiger partial charge is 0.230 e. The monoisotopic (exact) mass is 338 g/mol. The first kappa shape index (κ1) is 17.0. The molecule has 0 bridgehead atoms. The number of hydrogen-bond acceptors (Lipinski definition) is 4. The van der Waals surface area contributed by atoms with E-state index in [1.165, 1.54) is 0 Å². The van der Waals surface area contributed by atoms with Gasteiger partial charge in [-0.25, -0.2) is 0 Å². The van der Waals surface area contributed by atoms with Crippen LogP contribution in [0.5, 0.6) is 5.75 Å². The van der Waals surface area contributed by atoms with Crippen LogP contribution in [0.25, 0.3) is 11.0 Å². The molecule has 0 fully saturated rings. The van der Waals surface area contributed by atoms with Gasteiger partial charge in [-0.2, -0.15) is 0 Å². The molecule has 0 atom stereocenters. The number of fused-ring (bicyclic) bond motifs is 1. The lowest BCUT2D eigenvalue weighted by molar-refractivity contribution is -0.115. The predicted molar refractivity (Wildman–Crippen MR) is 98.0 cm³/mol. The number of nitrogens with zero attached hydrogens (tertiary/aromatic N) is 1. The number of ether oxygens (including phenoxy) is 1. The molecule has 0 unspecified atom stereocenters. The van der Waals surface area contributed by atoms with Gasteiger partial charge in [-0.1, -0.05) is 11.2 Å². The van der Waals surface area contributed by atoms with Gasteiger partial charge in [-0.3, -0.25) is 4.79 Å². The molecule has 130 valence electrons. The van der Waals surface area contributed by atoms with Gasteiger partial charge in [0, 0.05) is 11.1 Å². The normalized spacial score (nSPS) is 11.1. The number of amides is 1. The molecule has 1 amide bonds. The molecular weight excluding hydrogens is 316 g/mol. The molecule has 5 nitrogen and oxygen atoms in total. The molecule has 0 saturated heterocycles. The third-order valence-electron chi connectivity index (χ3n) is 3.81. The maximum Gasteiger partial charge on any atom is 0.230 e. The number of nitrogens with one attached hydrogen (secondary N) is 1. The summed E-state index contributed by atoms with van der Waals surface area (Å²) < 4.78 is 11.0. The van der Waals surface area contributed by atoms with Crippen LogP contribution in [0.4, 0.5) is 5.69 Å². The second kappa shape index (κ2) is 6.97. The first-order valence-corrected chi connectivity index (χ1v) is 8.34. The van der Waals surface area contributed by atoms with E-state index in [-0.39, 0.29) is 18.4 Å². The summed E-state index contributed by atoms with van der Waals surface area (Å²) >= 11 is 0. The zero-order chi connectivity index (χ0) is 18.0. The van der Waals surface area contributed by atoms with Crippen LogP contribution >= 0.6 is 0 Å². The van der Waals surface area contributed by atoms with E-state index in [9.17, 15) is 4.79 Å². The SMILES string of the molecule is Cc1cc(C)c2onc(CC(=O)Nc3ccc(OC(C)C)cc3)c2c1. The van der Waals surface area contributed by atoms with Crippen LogP contribution in [0.1, 0.15) is 30.7 Å². The van der Waals surface area contributed by atoms with Crippen molar-refractivity contribution in [1.29, 1.82) is 0 Å². The van der Waals surface area contributed by atoms with Crippen molar-refractivity contribution in [2.45, 2.75) is 40.2 Å². The van der Waals surface area contributed by atoms with Gasteiger partial charge in [-0.05, 0) is 69.2 Å². The third-order valence-corrected chi connectivity index (χ3v) is 3.81. The van der Waals surface area contributed by atoms with E-state index < -0.39 is 0 Å². The van der Waals surface area contributed by atoms with E-state index in [1.807, 2.05) is 64.1 Å². The minimum atomic E-state index is -0.133. The zero-order valence-corrected chi connectivity index (χ0v) is 14.9. The Morgan fingerprint density at radius 1 is 1.20 bits per heavy atom. The molecule has 0 saturated carbocycles. The number of rotatable bonds is 5. The maximum atomic E-state index is 12.3. The van der Waals surface area contributed by atoms with Crippen molar-refractivity contribution in [2.75, 3.05) is 5.32 Å². The molecule has 3 rings (SSSR count). The highest BCUT2D eigenvalue weighted by Crippen LogP contribution is 2.24. The van der Waals surface area contributed by atoms with Gasteiger partial charge in [0.1, 0.15) is 11.4 Å². The first-order valence-electron chi connectivity index (χ1n) is 8.34. The molecule has 0 radical (unpaired) electrons.